The number of hydrogen-bond acceptors (Lipinski definition) is 4. The van der Waals surface area contributed by atoms with E-state index in [9.17, 15) is 13.2 Å². The van der Waals surface area contributed by atoms with Gasteiger partial charge in [-0.15, -0.1) is 0 Å². The Kier molecular flexibility index (Phi) is 3.79. The van der Waals surface area contributed by atoms with Crippen molar-refractivity contribution in [2.75, 3.05) is 23.0 Å². The molecule has 2 atom stereocenters. The predicted molar refractivity (Wildman–Crippen MR) is 65.3 cm³/mol. The number of rotatable bonds is 2. The molecule has 0 aromatic rings. The highest BCUT2D eigenvalue weighted by Crippen LogP contribution is 2.23. The number of thioether (sulfide) groups is 1. The van der Waals surface area contributed by atoms with Gasteiger partial charge in [-0.2, -0.15) is 11.8 Å². The smallest absolute Gasteiger partial charge is 0.224 e. The third kappa shape index (κ3) is 3.13. The lowest BCUT2D eigenvalue weighted by molar-refractivity contribution is -0.125. The monoisotopic (exact) mass is 263 g/mol. The highest BCUT2D eigenvalue weighted by molar-refractivity contribution is 7.99. The summed E-state index contributed by atoms with van der Waals surface area (Å²) in [5.74, 6) is 2.50. The summed E-state index contributed by atoms with van der Waals surface area (Å²) in [6.07, 6.45) is 2.61. The number of sulfone groups is 1. The van der Waals surface area contributed by atoms with Gasteiger partial charge in [0.15, 0.2) is 9.84 Å². The molecule has 2 fully saturated rings. The predicted octanol–water partition coefficient (Wildman–Crippen LogP) is 0.433. The molecular weight excluding hydrogens is 246 g/mol. The highest BCUT2D eigenvalue weighted by atomic mass is 32.2. The minimum absolute atomic E-state index is 0.0503. The van der Waals surface area contributed by atoms with E-state index in [-0.39, 0.29) is 29.4 Å². The summed E-state index contributed by atoms with van der Waals surface area (Å²) in [4.78, 5) is 11.8. The zero-order valence-corrected chi connectivity index (χ0v) is 10.8. The first-order chi connectivity index (χ1) is 7.57. The fourth-order valence-electron chi connectivity index (χ4n) is 2.18. The second kappa shape index (κ2) is 4.96. The molecule has 0 aromatic heterocycles. The first kappa shape index (κ1) is 12.2. The molecular formula is C10H17NO3S2. The van der Waals surface area contributed by atoms with Crippen LogP contribution in [0.3, 0.4) is 0 Å². The van der Waals surface area contributed by atoms with E-state index in [1.54, 1.807) is 0 Å². The molecule has 4 nitrogen and oxygen atoms in total. The number of nitrogens with one attached hydrogen (secondary N) is 1. The van der Waals surface area contributed by atoms with Gasteiger partial charge in [0.25, 0.3) is 0 Å². The van der Waals surface area contributed by atoms with Crippen LogP contribution in [0.2, 0.25) is 0 Å². The van der Waals surface area contributed by atoms with Crippen molar-refractivity contribution in [2.45, 2.75) is 25.3 Å². The van der Waals surface area contributed by atoms with E-state index in [0.717, 1.165) is 24.3 Å². The van der Waals surface area contributed by atoms with Crippen LogP contribution in [-0.2, 0) is 14.6 Å². The second-order valence-electron chi connectivity index (χ2n) is 4.52. The van der Waals surface area contributed by atoms with Crippen LogP contribution in [-0.4, -0.2) is 43.4 Å². The molecule has 2 aliphatic heterocycles. The zero-order valence-electron chi connectivity index (χ0n) is 9.15. The number of carbonyl (C=O) groups excluding carboxylic acids is 1. The summed E-state index contributed by atoms with van der Waals surface area (Å²) in [7, 11) is -2.89. The van der Waals surface area contributed by atoms with Crippen LogP contribution in [0.15, 0.2) is 0 Å². The van der Waals surface area contributed by atoms with Crippen LogP contribution >= 0.6 is 11.8 Å². The summed E-state index contributed by atoms with van der Waals surface area (Å²) >= 11 is 1.81. The summed E-state index contributed by atoms with van der Waals surface area (Å²) in [6.45, 7) is 0. The maximum absolute atomic E-state index is 11.8. The largest absolute Gasteiger partial charge is 0.352 e. The van der Waals surface area contributed by atoms with Crippen molar-refractivity contribution in [3.63, 3.8) is 0 Å². The summed E-state index contributed by atoms with van der Waals surface area (Å²) < 4.78 is 22.5. The molecule has 2 rings (SSSR count). The molecule has 1 N–H and O–H groups in total. The van der Waals surface area contributed by atoms with E-state index >= 15 is 0 Å². The topological polar surface area (TPSA) is 63.2 Å². The number of amides is 1. The molecule has 0 spiro atoms. The van der Waals surface area contributed by atoms with Gasteiger partial charge < -0.3 is 5.32 Å². The van der Waals surface area contributed by atoms with Crippen molar-refractivity contribution in [1.82, 2.24) is 5.32 Å². The summed E-state index contributed by atoms with van der Waals surface area (Å²) in [5, 5.41) is 2.87. The van der Waals surface area contributed by atoms with Gasteiger partial charge >= 0.3 is 0 Å². The van der Waals surface area contributed by atoms with Crippen molar-refractivity contribution in [3.05, 3.63) is 0 Å². The quantitative estimate of drug-likeness (QED) is 0.785. The van der Waals surface area contributed by atoms with Crippen LogP contribution < -0.4 is 5.32 Å². The van der Waals surface area contributed by atoms with E-state index in [1.165, 1.54) is 0 Å². The average Bonchev–Trinajstić information content (AvgIpc) is 2.59. The average molecular weight is 263 g/mol. The molecule has 2 saturated heterocycles. The third-order valence-corrected chi connectivity index (χ3v) is 6.09. The molecule has 0 radical (unpaired) electrons. The molecule has 92 valence electrons. The van der Waals surface area contributed by atoms with Crippen molar-refractivity contribution in [2.24, 2.45) is 5.92 Å². The van der Waals surface area contributed by atoms with Gasteiger partial charge in [0.1, 0.15) is 0 Å². The third-order valence-electron chi connectivity index (χ3n) is 3.11. The van der Waals surface area contributed by atoms with Gasteiger partial charge in [0, 0.05) is 17.7 Å². The lowest BCUT2D eigenvalue weighted by Gasteiger charge is -2.22. The molecule has 0 bridgehead atoms. The van der Waals surface area contributed by atoms with Gasteiger partial charge in [0.05, 0.1) is 11.5 Å². The number of carbonyl (C=O) groups is 1. The highest BCUT2D eigenvalue weighted by Gasteiger charge is 2.31. The van der Waals surface area contributed by atoms with Crippen molar-refractivity contribution in [3.8, 4) is 0 Å². The van der Waals surface area contributed by atoms with Gasteiger partial charge in [-0.25, -0.2) is 8.42 Å². The number of hydrogen-bond donors (Lipinski definition) is 1. The zero-order chi connectivity index (χ0) is 11.6. The van der Waals surface area contributed by atoms with Gasteiger partial charge in [0.2, 0.25) is 5.91 Å². The molecule has 16 heavy (non-hydrogen) atoms. The van der Waals surface area contributed by atoms with Crippen molar-refractivity contribution in [1.29, 1.82) is 0 Å². The van der Waals surface area contributed by atoms with Crippen molar-refractivity contribution >= 4 is 27.5 Å². The van der Waals surface area contributed by atoms with Crippen LogP contribution in [0.5, 0.6) is 0 Å². The Hall–Kier alpha value is -0.230. The molecule has 2 heterocycles. The fourth-order valence-corrected chi connectivity index (χ4v) is 4.99. The molecule has 2 aliphatic rings. The lowest BCUT2D eigenvalue weighted by atomic mass is 10.0. The van der Waals surface area contributed by atoms with Gasteiger partial charge in [-0.3, -0.25) is 4.79 Å². The first-order valence-corrected chi connectivity index (χ1v) is 8.63. The Labute approximate surface area is 100 Å². The fraction of sp³-hybridized carbons (Fsp3) is 0.900. The normalized spacial score (nSPS) is 33.5. The molecule has 6 heteroatoms. The van der Waals surface area contributed by atoms with Crippen molar-refractivity contribution < 1.29 is 13.2 Å². The molecule has 1 amide bonds. The Bertz CT molecular complexity index is 360. The standard InChI is InChI=1S/C10H17NO3S2/c12-10(8-2-1-4-15-6-8)11-9-3-5-16(13,14)7-9/h8-9H,1-7H2,(H,11,12). The van der Waals surface area contributed by atoms with Crippen LogP contribution in [0.1, 0.15) is 19.3 Å². The van der Waals surface area contributed by atoms with Crippen LogP contribution in [0.4, 0.5) is 0 Å². The van der Waals surface area contributed by atoms with E-state index in [2.05, 4.69) is 5.32 Å². The van der Waals surface area contributed by atoms with Gasteiger partial charge in [-0.1, -0.05) is 0 Å². The Morgan fingerprint density at radius 3 is 2.69 bits per heavy atom. The molecule has 0 aliphatic carbocycles. The minimum Gasteiger partial charge on any atom is -0.352 e. The van der Waals surface area contributed by atoms with E-state index in [0.29, 0.717) is 6.42 Å². The summed E-state index contributed by atoms with van der Waals surface area (Å²) in [6, 6.07) is -0.149. The SMILES string of the molecule is O=C(NC1CCS(=O)(=O)C1)C1CCCSC1. The second-order valence-corrected chi connectivity index (χ2v) is 7.90. The summed E-state index contributed by atoms with van der Waals surface area (Å²) in [5.41, 5.74) is 0. The van der Waals surface area contributed by atoms with E-state index < -0.39 is 9.84 Å². The Balaban J connectivity index is 1.83. The van der Waals surface area contributed by atoms with E-state index in [1.807, 2.05) is 11.8 Å². The van der Waals surface area contributed by atoms with Crippen LogP contribution in [0.25, 0.3) is 0 Å². The molecule has 0 aromatic carbocycles. The van der Waals surface area contributed by atoms with E-state index in [4.69, 9.17) is 0 Å². The maximum atomic E-state index is 11.8. The Morgan fingerprint density at radius 1 is 1.31 bits per heavy atom. The minimum atomic E-state index is -2.89. The lowest BCUT2D eigenvalue weighted by Crippen LogP contribution is -2.41. The molecule has 0 saturated carbocycles. The van der Waals surface area contributed by atoms with Crippen LogP contribution in [0, 0.1) is 5.92 Å². The molecule has 2 unspecified atom stereocenters. The first-order valence-electron chi connectivity index (χ1n) is 5.65. The maximum Gasteiger partial charge on any atom is 0.224 e. The Morgan fingerprint density at radius 2 is 2.12 bits per heavy atom. The van der Waals surface area contributed by atoms with Gasteiger partial charge in [-0.05, 0) is 25.0 Å².